The van der Waals surface area contributed by atoms with Crippen LogP contribution in [0.25, 0.3) is 5.95 Å². The molecule has 3 aromatic heterocycles. The molecule has 0 atom stereocenters. The highest BCUT2D eigenvalue weighted by Gasteiger charge is 2.40. The Morgan fingerprint density at radius 3 is 2.21 bits per heavy atom. The molecule has 2 saturated heterocycles. The van der Waals surface area contributed by atoms with Crippen LogP contribution in [-0.4, -0.2) is 128 Å². The first kappa shape index (κ1) is 42.4. The number of aromatic amines is 1. The minimum absolute atomic E-state index is 0.0170. The largest absolute Gasteiger partial charge is 0.490 e. The molecule has 16 nitrogen and oxygen atoms in total. The second-order valence-electron chi connectivity index (χ2n) is 13.1. The van der Waals surface area contributed by atoms with Crippen molar-refractivity contribution in [3.05, 3.63) is 76.2 Å². The Labute approximate surface area is 325 Å². The Hall–Kier alpha value is -5.77. The molecule has 0 saturated carbocycles. The van der Waals surface area contributed by atoms with Gasteiger partial charge in [0.25, 0.3) is 17.8 Å². The zero-order valence-corrected chi connectivity index (χ0v) is 31.0. The number of H-pyrrole nitrogens is 1. The molecule has 5 heterocycles. The van der Waals surface area contributed by atoms with E-state index in [-0.39, 0.29) is 63.5 Å². The predicted octanol–water partition coefficient (Wildman–Crippen LogP) is 3.88. The van der Waals surface area contributed by atoms with Gasteiger partial charge in [-0.2, -0.15) is 41.1 Å². The summed E-state index contributed by atoms with van der Waals surface area (Å²) in [5, 5.41) is 17.1. The van der Waals surface area contributed by atoms with Gasteiger partial charge in [-0.05, 0) is 50.2 Å². The minimum atomic E-state index is -5.08. The summed E-state index contributed by atoms with van der Waals surface area (Å²) >= 11 is 6.47. The monoisotopic (exact) mass is 827 g/mol. The molecule has 4 N–H and O–H groups in total. The van der Waals surface area contributed by atoms with Crippen LogP contribution in [0.2, 0.25) is 5.02 Å². The first-order valence-electron chi connectivity index (χ1n) is 17.2. The smallest absolute Gasteiger partial charge is 0.475 e. The van der Waals surface area contributed by atoms with Gasteiger partial charge in [-0.3, -0.25) is 14.4 Å². The molecule has 2 fully saturated rings. The van der Waals surface area contributed by atoms with Crippen molar-refractivity contribution in [3.63, 3.8) is 0 Å². The number of anilines is 2. The molecular weight excluding hydrogens is 792 g/mol. The van der Waals surface area contributed by atoms with Crippen LogP contribution in [0.4, 0.5) is 37.8 Å². The molecule has 0 unspecified atom stereocenters. The normalized spacial score (nSPS) is 15.1. The fourth-order valence-corrected chi connectivity index (χ4v) is 6.27. The molecule has 2 aliphatic rings. The number of rotatable bonds is 8. The van der Waals surface area contributed by atoms with Crippen molar-refractivity contribution in [2.45, 2.75) is 31.6 Å². The number of carbonyl (C=O) groups is 4. The SMILES string of the molecule is CN(C)c1ccnc(-n2ncc(Cc3cnc(C(=O)Nc4ccc(C(=O)N5CCN(C(=O)C6CCNCC6)CC5)c(Cl)c4)[nH]3)c2C(F)(F)F)n1.O=C(O)C(F)(F)F. The van der Waals surface area contributed by atoms with E-state index >= 15 is 0 Å². The van der Waals surface area contributed by atoms with Gasteiger partial charge in [0.15, 0.2) is 11.5 Å². The molecule has 0 spiro atoms. The lowest BCUT2D eigenvalue weighted by molar-refractivity contribution is -0.192. The Balaban J connectivity index is 0.000000811. The summed E-state index contributed by atoms with van der Waals surface area (Å²) in [6.07, 6.45) is -4.80. The number of aromatic nitrogens is 6. The topological polar surface area (TPSA) is 195 Å². The molecule has 0 radical (unpaired) electrons. The van der Waals surface area contributed by atoms with E-state index in [4.69, 9.17) is 21.5 Å². The Kier molecular flexibility index (Phi) is 13.1. The Bertz CT molecular complexity index is 2090. The number of halogens is 7. The van der Waals surface area contributed by atoms with Gasteiger partial charge >= 0.3 is 18.3 Å². The van der Waals surface area contributed by atoms with E-state index in [2.05, 4.69) is 35.7 Å². The second-order valence-corrected chi connectivity index (χ2v) is 13.5. The number of alkyl halides is 6. The molecule has 306 valence electrons. The first-order chi connectivity index (χ1) is 26.8. The summed E-state index contributed by atoms with van der Waals surface area (Å²) in [4.78, 5) is 68.1. The summed E-state index contributed by atoms with van der Waals surface area (Å²) in [6.45, 7) is 3.32. The van der Waals surface area contributed by atoms with Gasteiger partial charge in [-0.15, -0.1) is 0 Å². The Morgan fingerprint density at radius 1 is 0.965 bits per heavy atom. The number of nitrogens with one attached hydrogen (secondary N) is 3. The fraction of sp³-hybridized carbons (Fsp3) is 0.412. The summed E-state index contributed by atoms with van der Waals surface area (Å²) in [5.74, 6) is -3.53. The third-order valence-corrected chi connectivity index (χ3v) is 9.19. The molecule has 6 rings (SSSR count). The average Bonchev–Trinajstić information content (AvgIpc) is 3.83. The number of nitrogens with zero attached hydrogens (tertiary/aromatic N) is 8. The number of carboxylic acids is 1. The van der Waals surface area contributed by atoms with Crippen molar-refractivity contribution < 1.29 is 50.6 Å². The number of imidazole rings is 1. The van der Waals surface area contributed by atoms with Gasteiger partial charge < -0.3 is 35.4 Å². The molecule has 23 heteroatoms. The highest BCUT2D eigenvalue weighted by atomic mass is 35.5. The van der Waals surface area contributed by atoms with Crippen molar-refractivity contribution >= 4 is 46.8 Å². The van der Waals surface area contributed by atoms with Crippen LogP contribution >= 0.6 is 11.6 Å². The van der Waals surface area contributed by atoms with Crippen LogP contribution in [-0.2, 0) is 22.2 Å². The number of carboxylic acid groups (broad SMARTS) is 1. The van der Waals surface area contributed by atoms with Crippen LogP contribution in [0.3, 0.4) is 0 Å². The van der Waals surface area contributed by atoms with Gasteiger partial charge in [-0.25, -0.2) is 14.8 Å². The van der Waals surface area contributed by atoms with Crippen LogP contribution in [0.15, 0.2) is 42.9 Å². The maximum absolute atomic E-state index is 14.2. The predicted molar refractivity (Wildman–Crippen MR) is 191 cm³/mol. The van der Waals surface area contributed by atoms with Crippen molar-refractivity contribution in [2.75, 3.05) is 63.6 Å². The number of hydrogen-bond donors (Lipinski definition) is 4. The second kappa shape index (κ2) is 17.6. The van der Waals surface area contributed by atoms with Crippen molar-refractivity contribution in [3.8, 4) is 5.95 Å². The van der Waals surface area contributed by atoms with E-state index in [1.54, 1.807) is 30.0 Å². The standard InChI is InChI=1S/C32H35ClF3N11O3.C2HF3O2/c1-44(2)25-7-10-38-31(43-25)47-26(32(34,35)36)20(17-40-47)15-22-18-39-27(41-22)28(48)42-21-3-4-23(24(33)16-21)30(50)46-13-11-45(12-14-46)29(49)19-5-8-37-9-6-19;3-2(4,5)1(6)7/h3-4,7,10,16-19,37H,5-6,8-9,11-15H2,1-2H3,(H,39,41)(H,42,48);(H,6,7). The number of benzene rings is 1. The molecule has 4 aromatic rings. The van der Waals surface area contributed by atoms with Gasteiger partial charge in [0.05, 0.1) is 16.8 Å². The number of carbonyl (C=O) groups excluding carboxylic acids is 3. The third kappa shape index (κ3) is 10.6. The molecule has 0 bridgehead atoms. The Morgan fingerprint density at radius 2 is 1.61 bits per heavy atom. The number of amides is 3. The highest BCUT2D eigenvalue weighted by molar-refractivity contribution is 6.34. The van der Waals surface area contributed by atoms with Crippen LogP contribution in [0.5, 0.6) is 0 Å². The zero-order valence-electron chi connectivity index (χ0n) is 30.3. The number of piperidine rings is 1. The molecule has 2 aliphatic heterocycles. The van der Waals surface area contributed by atoms with Crippen molar-refractivity contribution in [2.24, 2.45) is 5.92 Å². The van der Waals surface area contributed by atoms with Gasteiger partial charge in [0.2, 0.25) is 5.91 Å². The van der Waals surface area contributed by atoms with E-state index in [1.165, 1.54) is 30.6 Å². The van der Waals surface area contributed by atoms with Crippen LogP contribution < -0.4 is 15.5 Å². The average molecular weight is 828 g/mol. The van der Waals surface area contributed by atoms with Crippen LogP contribution in [0.1, 0.15) is 50.8 Å². The first-order valence-corrected chi connectivity index (χ1v) is 17.6. The lowest BCUT2D eigenvalue weighted by atomic mass is 9.96. The van der Waals surface area contributed by atoms with Crippen LogP contribution in [0, 0.1) is 5.92 Å². The zero-order chi connectivity index (χ0) is 41.7. The lowest BCUT2D eigenvalue weighted by Crippen LogP contribution is -2.52. The third-order valence-electron chi connectivity index (χ3n) is 8.88. The van der Waals surface area contributed by atoms with E-state index in [1.807, 2.05) is 4.90 Å². The summed E-state index contributed by atoms with van der Waals surface area (Å²) in [7, 11) is 3.40. The van der Waals surface area contributed by atoms with Gasteiger partial charge in [-0.1, -0.05) is 11.6 Å². The number of hydrogen-bond acceptors (Lipinski definition) is 10. The number of piperazine rings is 1. The summed E-state index contributed by atoms with van der Waals surface area (Å²) in [5.41, 5.74) is -0.449. The van der Waals surface area contributed by atoms with Gasteiger partial charge in [0, 0.05) is 82.0 Å². The summed E-state index contributed by atoms with van der Waals surface area (Å²) < 4.78 is 75.0. The molecule has 3 amide bonds. The molecule has 0 aliphatic carbocycles. The summed E-state index contributed by atoms with van der Waals surface area (Å²) in [6, 6.07) is 6.03. The van der Waals surface area contributed by atoms with E-state index < -0.39 is 29.9 Å². The molecule has 57 heavy (non-hydrogen) atoms. The minimum Gasteiger partial charge on any atom is -0.475 e. The fourth-order valence-electron chi connectivity index (χ4n) is 6.01. The maximum atomic E-state index is 14.2. The highest BCUT2D eigenvalue weighted by Crippen LogP contribution is 2.34. The lowest BCUT2D eigenvalue weighted by Gasteiger charge is -2.37. The van der Waals surface area contributed by atoms with Crippen molar-refractivity contribution in [1.29, 1.82) is 0 Å². The number of aliphatic carboxylic acids is 1. The molecular formula is C34H36ClF6N11O5. The van der Waals surface area contributed by atoms with E-state index in [0.717, 1.165) is 32.1 Å². The van der Waals surface area contributed by atoms with E-state index in [0.29, 0.717) is 36.7 Å². The quantitative estimate of drug-likeness (QED) is 0.188. The van der Waals surface area contributed by atoms with Crippen molar-refractivity contribution in [1.82, 2.24) is 44.8 Å². The molecule has 1 aromatic carbocycles. The van der Waals surface area contributed by atoms with E-state index in [9.17, 15) is 40.7 Å². The maximum Gasteiger partial charge on any atom is 0.490 e. The van der Waals surface area contributed by atoms with Gasteiger partial charge in [0.1, 0.15) is 5.82 Å².